The molecule has 0 fully saturated rings. The van der Waals surface area contributed by atoms with Crippen LogP contribution >= 0.6 is 11.6 Å². The molecule has 0 bridgehead atoms. The quantitative estimate of drug-likeness (QED) is 0.706. The smallest absolute Gasteiger partial charge is 0.344 e. The fourth-order valence-electron chi connectivity index (χ4n) is 1.01. The van der Waals surface area contributed by atoms with Crippen molar-refractivity contribution in [2.45, 2.75) is 19.8 Å². The topological polar surface area (TPSA) is 52.3 Å². The van der Waals surface area contributed by atoms with Crippen LogP contribution in [-0.2, 0) is 11.2 Å². The van der Waals surface area contributed by atoms with Crippen LogP contribution in [0.25, 0.3) is 0 Å². The van der Waals surface area contributed by atoms with Gasteiger partial charge >= 0.3 is 5.97 Å². The van der Waals surface area contributed by atoms with Crippen LogP contribution in [0.15, 0.2) is 4.52 Å². The highest BCUT2D eigenvalue weighted by Crippen LogP contribution is 2.21. The fourth-order valence-corrected chi connectivity index (χ4v) is 1.23. The Balaban J connectivity index is 3.01. The molecule has 0 aromatic carbocycles. The number of hydrogen-bond donors (Lipinski definition) is 0. The van der Waals surface area contributed by atoms with E-state index < -0.39 is 5.97 Å². The van der Waals surface area contributed by atoms with Crippen LogP contribution < -0.4 is 0 Å². The highest BCUT2D eigenvalue weighted by molar-refractivity contribution is 6.31. The van der Waals surface area contributed by atoms with Crippen molar-refractivity contribution in [2.75, 3.05) is 7.11 Å². The second kappa shape index (κ2) is 4.28. The molecule has 0 amide bonds. The van der Waals surface area contributed by atoms with Crippen LogP contribution in [0.2, 0.25) is 5.22 Å². The Morgan fingerprint density at radius 2 is 2.38 bits per heavy atom. The SMILES string of the molecule is CCCc1noc(Cl)c1C(=O)OC. The van der Waals surface area contributed by atoms with E-state index in [0.717, 1.165) is 6.42 Å². The van der Waals surface area contributed by atoms with Gasteiger partial charge < -0.3 is 9.26 Å². The predicted octanol–water partition coefficient (Wildman–Crippen LogP) is 2.07. The Morgan fingerprint density at radius 3 is 2.92 bits per heavy atom. The Bertz CT molecular complexity index is 308. The lowest BCUT2D eigenvalue weighted by Crippen LogP contribution is -2.04. The molecule has 0 radical (unpaired) electrons. The lowest BCUT2D eigenvalue weighted by Gasteiger charge is -1.96. The van der Waals surface area contributed by atoms with Gasteiger partial charge in [-0.3, -0.25) is 0 Å². The Labute approximate surface area is 80.8 Å². The summed E-state index contributed by atoms with van der Waals surface area (Å²) in [7, 11) is 1.29. The average molecular weight is 204 g/mol. The predicted molar refractivity (Wildman–Crippen MR) is 46.8 cm³/mol. The number of carbonyl (C=O) groups is 1. The molecular weight excluding hydrogens is 194 g/mol. The van der Waals surface area contributed by atoms with Crippen molar-refractivity contribution in [2.24, 2.45) is 0 Å². The minimum Gasteiger partial charge on any atom is -0.465 e. The van der Waals surface area contributed by atoms with Gasteiger partial charge in [0.2, 0.25) is 5.22 Å². The van der Waals surface area contributed by atoms with E-state index in [1.807, 2.05) is 6.92 Å². The number of rotatable bonds is 3. The summed E-state index contributed by atoms with van der Waals surface area (Å²) in [5.41, 5.74) is 0.797. The molecule has 13 heavy (non-hydrogen) atoms. The van der Waals surface area contributed by atoms with Crippen LogP contribution in [-0.4, -0.2) is 18.2 Å². The number of aryl methyl sites for hydroxylation is 1. The van der Waals surface area contributed by atoms with Crippen molar-refractivity contribution in [1.29, 1.82) is 0 Å². The van der Waals surface area contributed by atoms with Gasteiger partial charge in [0.25, 0.3) is 0 Å². The number of esters is 1. The van der Waals surface area contributed by atoms with Gasteiger partial charge in [0, 0.05) is 0 Å². The molecule has 0 aliphatic carbocycles. The minimum atomic E-state index is -0.505. The highest BCUT2D eigenvalue weighted by atomic mass is 35.5. The van der Waals surface area contributed by atoms with E-state index in [-0.39, 0.29) is 10.8 Å². The third kappa shape index (κ3) is 2.01. The summed E-state index contributed by atoms with van der Waals surface area (Å²) in [5.74, 6) is -0.505. The third-order valence-corrected chi connectivity index (χ3v) is 1.86. The zero-order chi connectivity index (χ0) is 9.84. The summed E-state index contributed by atoms with van der Waals surface area (Å²) < 4.78 is 9.22. The van der Waals surface area contributed by atoms with Gasteiger partial charge in [-0.2, -0.15) is 0 Å². The zero-order valence-electron chi connectivity index (χ0n) is 7.46. The van der Waals surface area contributed by atoms with Crippen molar-refractivity contribution in [1.82, 2.24) is 5.16 Å². The lowest BCUT2D eigenvalue weighted by molar-refractivity contribution is 0.0599. The van der Waals surface area contributed by atoms with Crippen molar-refractivity contribution in [3.63, 3.8) is 0 Å². The van der Waals surface area contributed by atoms with Gasteiger partial charge in [-0.05, 0) is 18.0 Å². The largest absolute Gasteiger partial charge is 0.465 e. The molecule has 0 saturated carbocycles. The maximum atomic E-state index is 11.2. The summed E-state index contributed by atoms with van der Waals surface area (Å²) in [4.78, 5) is 11.2. The van der Waals surface area contributed by atoms with E-state index in [1.54, 1.807) is 0 Å². The Hall–Kier alpha value is -1.03. The molecule has 5 heteroatoms. The number of ether oxygens (including phenoxy) is 1. The van der Waals surface area contributed by atoms with Gasteiger partial charge in [-0.1, -0.05) is 18.5 Å². The molecule has 0 unspecified atom stereocenters. The molecule has 0 atom stereocenters. The van der Waals surface area contributed by atoms with Crippen LogP contribution in [0.4, 0.5) is 0 Å². The molecule has 0 N–H and O–H groups in total. The first-order chi connectivity index (χ1) is 6.20. The van der Waals surface area contributed by atoms with Crippen LogP contribution in [0, 0.1) is 0 Å². The molecule has 1 heterocycles. The molecule has 1 rings (SSSR count). The summed E-state index contributed by atoms with van der Waals surface area (Å²) in [6.45, 7) is 1.98. The second-order valence-corrected chi connectivity index (χ2v) is 2.86. The van der Waals surface area contributed by atoms with E-state index in [1.165, 1.54) is 7.11 Å². The van der Waals surface area contributed by atoms with Crippen molar-refractivity contribution in [3.8, 4) is 0 Å². The number of halogens is 1. The van der Waals surface area contributed by atoms with Crippen molar-refractivity contribution in [3.05, 3.63) is 16.5 Å². The van der Waals surface area contributed by atoms with E-state index in [0.29, 0.717) is 12.1 Å². The number of carbonyl (C=O) groups excluding carboxylic acids is 1. The minimum absolute atomic E-state index is 0.00435. The first-order valence-corrected chi connectivity index (χ1v) is 4.30. The maximum Gasteiger partial charge on any atom is 0.344 e. The molecule has 0 spiro atoms. The van der Waals surface area contributed by atoms with Gasteiger partial charge in [0.05, 0.1) is 12.8 Å². The average Bonchev–Trinajstić information content (AvgIpc) is 2.47. The number of nitrogens with zero attached hydrogens (tertiary/aromatic N) is 1. The van der Waals surface area contributed by atoms with Crippen LogP contribution in [0.3, 0.4) is 0 Å². The van der Waals surface area contributed by atoms with E-state index in [2.05, 4.69) is 14.4 Å². The first kappa shape index (κ1) is 10.1. The van der Waals surface area contributed by atoms with Crippen LogP contribution in [0.1, 0.15) is 29.4 Å². The van der Waals surface area contributed by atoms with E-state index in [4.69, 9.17) is 11.6 Å². The number of hydrogen-bond acceptors (Lipinski definition) is 4. The molecule has 1 aromatic heterocycles. The Morgan fingerprint density at radius 1 is 1.69 bits per heavy atom. The number of methoxy groups -OCH3 is 1. The molecule has 0 aliphatic rings. The molecule has 1 aromatic rings. The molecule has 0 saturated heterocycles. The van der Waals surface area contributed by atoms with Crippen LogP contribution in [0.5, 0.6) is 0 Å². The number of aromatic nitrogens is 1. The summed E-state index contributed by atoms with van der Waals surface area (Å²) in [6.07, 6.45) is 1.52. The van der Waals surface area contributed by atoms with Crippen molar-refractivity contribution >= 4 is 17.6 Å². The normalized spacial score (nSPS) is 10.1. The fraction of sp³-hybridized carbons (Fsp3) is 0.500. The standard InChI is InChI=1S/C8H10ClNO3/c1-3-4-5-6(8(11)12-2)7(9)13-10-5/h3-4H2,1-2H3. The Kier molecular flexibility index (Phi) is 3.31. The van der Waals surface area contributed by atoms with Crippen molar-refractivity contribution < 1.29 is 14.1 Å². The first-order valence-electron chi connectivity index (χ1n) is 3.93. The monoisotopic (exact) mass is 203 g/mol. The zero-order valence-corrected chi connectivity index (χ0v) is 8.22. The van der Waals surface area contributed by atoms with Gasteiger partial charge in [-0.25, -0.2) is 4.79 Å². The summed E-state index contributed by atoms with van der Waals surface area (Å²) in [5, 5.41) is 3.66. The molecule has 72 valence electrons. The third-order valence-electron chi connectivity index (χ3n) is 1.60. The van der Waals surface area contributed by atoms with E-state index in [9.17, 15) is 4.79 Å². The summed E-state index contributed by atoms with van der Waals surface area (Å²) in [6, 6.07) is 0. The van der Waals surface area contributed by atoms with Gasteiger partial charge in [0.1, 0.15) is 5.56 Å². The highest BCUT2D eigenvalue weighted by Gasteiger charge is 2.21. The molecular formula is C8H10ClNO3. The lowest BCUT2D eigenvalue weighted by atomic mass is 10.2. The van der Waals surface area contributed by atoms with Gasteiger partial charge in [0.15, 0.2) is 0 Å². The maximum absolute atomic E-state index is 11.2. The molecule has 4 nitrogen and oxygen atoms in total. The van der Waals surface area contributed by atoms with Gasteiger partial charge in [-0.15, -0.1) is 0 Å². The summed E-state index contributed by atoms with van der Waals surface area (Å²) >= 11 is 5.62. The molecule has 0 aliphatic heterocycles. The second-order valence-electron chi connectivity index (χ2n) is 2.52. The van der Waals surface area contributed by atoms with E-state index >= 15 is 0 Å².